The molecule has 1 aromatic heterocycles. The Morgan fingerprint density at radius 2 is 2.08 bits per heavy atom. The zero-order valence-corrected chi connectivity index (χ0v) is 14.8. The quantitative estimate of drug-likeness (QED) is 0.936. The summed E-state index contributed by atoms with van der Waals surface area (Å²) in [6, 6.07) is 10.6. The highest BCUT2D eigenvalue weighted by Crippen LogP contribution is 2.27. The van der Waals surface area contributed by atoms with Gasteiger partial charge < -0.3 is 4.90 Å². The van der Waals surface area contributed by atoms with Crippen LogP contribution in [0.15, 0.2) is 36.5 Å². The summed E-state index contributed by atoms with van der Waals surface area (Å²) in [7, 11) is 0. The van der Waals surface area contributed by atoms with Gasteiger partial charge in [-0.3, -0.25) is 14.8 Å². The van der Waals surface area contributed by atoms with Crippen LogP contribution in [0, 0.1) is 0 Å². The second-order valence-electron chi connectivity index (χ2n) is 7.30. The van der Waals surface area contributed by atoms with E-state index < -0.39 is 0 Å². The molecule has 0 radical (unpaired) electrons. The monoisotopic (exact) mass is 338 g/mol. The van der Waals surface area contributed by atoms with E-state index in [1.807, 2.05) is 6.07 Å². The van der Waals surface area contributed by atoms with Crippen molar-refractivity contribution in [3.8, 4) is 0 Å². The first-order valence-corrected chi connectivity index (χ1v) is 9.31. The zero-order chi connectivity index (χ0) is 17.2. The molecule has 0 spiro atoms. The fourth-order valence-corrected chi connectivity index (χ4v) is 4.19. The lowest BCUT2D eigenvalue weighted by atomic mass is 9.94. The number of amides is 1. The molecule has 2 aromatic rings. The minimum absolute atomic E-state index is 0.0612. The molecule has 0 saturated carbocycles. The fraction of sp³-hybridized carbons (Fsp3) is 0.500. The van der Waals surface area contributed by atoms with Gasteiger partial charge in [0.15, 0.2) is 0 Å². The number of fused-ring (bicyclic) bond motifs is 1. The predicted molar refractivity (Wildman–Crippen MR) is 97.2 cm³/mol. The van der Waals surface area contributed by atoms with Gasteiger partial charge in [0.2, 0.25) is 5.91 Å². The molecule has 132 valence electrons. The second-order valence-corrected chi connectivity index (χ2v) is 7.30. The van der Waals surface area contributed by atoms with E-state index in [0.717, 1.165) is 51.1 Å². The highest BCUT2D eigenvalue weighted by molar-refractivity contribution is 5.81. The first-order chi connectivity index (χ1) is 12.2. The minimum atomic E-state index is -0.0612. The molecule has 5 heteroatoms. The first kappa shape index (κ1) is 16.3. The molecule has 5 nitrogen and oxygen atoms in total. The Balaban J connectivity index is 1.42. The van der Waals surface area contributed by atoms with Crippen LogP contribution in [0.25, 0.3) is 0 Å². The third-order valence-electron chi connectivity index (χ3n) is 5.76. The van der Waals surface area contributed by atoms with Gasteiger partial charge in [0.25, 0.3) is 0 Å². The largest absolute Gasteiger partial charge is 0.341 e. The number of hydrogen-bond acceptors (Lipinski definition) is 3. The Hall–Kier alpha value is -2.14. The van der Waals surface area contributed by atoms with E-state index in [1.165, 1.54) is 11.1 Å². The average Bonchev–Trinajstić information content (AvgIpc) is 3.21. The van der Waals surface area contributed by atoms with Crippen LogP contribution in [0.5, 0.6) is 0 Å². The lowest BCUT2D eigenvalue weighted by Crippen LogP contribution is -2.50. The molecular weight excluding hydrogens is 312 g/mol. The summed E-state index contributed by atoms with van der Waals surface area (Å²) in [6.07, 6.45) is 5.01. The SMILES string of the molecule is C[C@H](C(=O)N1CCC[C@H](c2ccn[nH]2)C1)N1CCc2ccccc2C1. The van der Waals surface area contributed by atoms with E-state index >= 15 is 0 Å². The number of H-pyrrole nitrogens is 1. The Morgan fingerprint density at radius 1 is 1.24 bits per heavy atom. The number of aromatic amines is 1. The molecular formula is C20H26N4O. The summed E-state index contributed by atoms with van der Waals surface area (Å²) in [6.45, 7) is 5.58. The standard InChI is InChI=1S/C20H26N4O/c1-15(23-12-9-16-5-2-3-6-17(16)13-23)20(25)24-11-4-7-18(14-24)19-8-10-21-22-19/h2-3,5-6,8,10,15,18H,4,7,9,11-14H2,1H3,(H,21,22)/t15-,18+/m1/s1. The van der Waals surface area contributed by atoms with Crippen molar-refractivity contribution in [2.24, 2.45) is 0 Å². The van der Waals surface area contributed by atoms with Gasteiger partial charge >= 0.3 is 0 Å². The molecule has 2 atom stereocenters. The van der Waals surface area contributed by atoms with Gasteiger partial charge in [0.1, 0.15) is 0 Å². The smallest absolute Gasteiger partial charge is 0.239 e. The van der Waals surface area contributed by atoms with Gasteiger partial charge in [-0.05, 0) is 43.4 Å². The maximum atomic E-state index is 13.1. The molecule has 2 aliphatic rings. The van der Waals surface area contributed by atoms with Crippen LogP contribution in [0.2, 0.25) is 0 Å². The van der Waals surface area contributed by atoms with Crippen LogP contribution in [0.3, 0.4) is 0 Å². The Morgan fingerprint density at radius 3 is 2.88 bits per heavy atom. The number of nitrogens with zero attached hydrogens (tertiary/aromatic N) is 3. The zero-order valence-electron chi connectivity index (χ0n) is 14.8. The number of piperidine rings is 1. The van der Waals surface area contributed by atoms with Crippen LogP contribution >= 0.6 is 0 Å². The van der Waals surface area contributed by atoms with Crippen LogP contribution in [-0.4, -0.2) is 51.6 Å². The molecule has 25 heavy (non-hydrogen) atoms. The van der Waals surface area contributed by atoms with Crippen molar-refractivity contribution in [1.29, 1.82) is 0 Å². The molecule has 1 saturated heterocycles. The third-order valence-corrected chi connectivity index (χ3v) is 5.76. The first-order valence-electron chi connectivity index (χ1n) is 9.31. The van der Waals surface area contributed by atoms with E-state index in [1.54, 1.807) is 6.20 Å². The van der Waals surface area contributed by atoms with E-state index in [0.29, 0.717) is 5.92 Å². The van der Waals surface area contributed by atoms with Crippen LogP contribution in [-0.2, 0) is 17.8 Å². The molecule has 0 aliphatic carbocycles. The molecule has 2 aliphatic heterocycles. The Kier molecular flexibility index (Phi) is 4.57. The molecule has 1 fully saturated rings. The summed E-state index contributed by atoms with van der Waals surface area (Å²) < 4.78 is 0. The van der Waals surface area contributed by atoms with Crippen LogP contribution < -0.4 is 0 Å². The average molecular weight is 338 g/mol. The van der Waals surface area contributed by atoms with Crippen molar-refractivity contribution >= 4 is 5.91 Å². The fourth-order valence-electron chi connectivity index (χ4n) is 4.19. The summed E-state index contributed by atoms with van der Waals surface area (Å²) >= 11 is 0. The van der Waals surface area contributed by atoms with Crippen molar-refractivity contribution in [1.82, 2.24) is 20.0 Å². The maximum absolute atomic E-state index is 13.1. The Labute approximate surface area is 149 Å². The highest BCUT2D eigenvalue weighted by atomic mass is 16.2. The van der Waals surface area contributed by atoms with Gasteiger partial charge in [-0.15, -0.1) is 0 Å². The molecule has 0 unspecified atom stereocenters. The van der Waals surface area contributed by atoms with Crippen molar-refractivity contribution in [2.45, 2.75) is 44.7 Å². The molecule has 0 bridgehead atoms. The van der Waals surface area contributed by atoms with E-state index in [4.69, 9.17) is 0 Å². The van der Waals surface area contributed by atoms with Gasteiger partial charge in [0.05, 0.1) is 6.04 Å². The van der Waals surface area contributed by atoms with Crippen molar-refractivity contribution in [2.75, 3.05) is 19.6 Å². The van der Waals surface area contributed by atoms with Gasteiger partial charge in [-0.25, -0.2) is 0 Å². The predicted octanol–water partition coefficient (Wildman–Crippen LogP) is 2.56. The van der Waals surface area contributed by atoms with E-state index in [2.05, 4.69) is 51.2 Å². The molecule has 1 N–H and O–H groups in total. The van der Waals surface area contributed by atoms with Crippen LogP contribution in [0.4, 0.5) is 0 Å². The number of benzene rings is 1. The normalized spacial score (nSPS) is 22.4. The van der Waals surface area contributed by atoms with Gasteiger partial charge in [0, 0.05) is 44.0 Å². The minimum Gasteiger partial charge on any atom is -0.341 e. The third kappa shape index (κ3) is 3.33. The lowest BCUT2D eigenvalue weighted by molar-refractivity contribution is -0.138. The number of carbonyl (C=O) groups excluding carboxylic acids is 1. The number of carbonyl (C=O) groups is 1. The van der Waals surface area contributed by atoms with E-state index in [-0.39, 0.29) is 11.9 Å². The van der Waals surface area contributed by atoms with Crippen molar-refractivity contribution in [3.63, 3.8) is 0 Å². The summed E-state index contributed by atoms with van der Waals surface area (Å²) in [5, 5.41) is 7.13. The number of aromatic nitrogens is 2. The molecule has 3 heterocycles. The summed E-state index contributed by atoms with van der Waals surface area (Å²) in [4.78, 5) is 17.5. The molecule has 1 amide bonds. The summed E-state index contributed by atoms with van der Waals surface area (Å²) in [5.41, 5.74) is 3.94. The summed E-state index contributed by atoms with van der Waals surface area (Å²) in [5.74, 6) is 0.651. The highest BCUT2D eigenvalue weighted by Gasteiger charge is 2.32. The maximum Gasteiger partial charge on any atom is 0.239 e. The van der Waals surface area contributed by atoms with E-state index in [9.17, 15) is 4.79 Å². The topological polar surface area (TPSA) is 52.2 Å². The van der Waals surface area contributed by atoms with Gasteiger partial charge in [-0.1, -0.05) is 24.3 Å². The van der Waals surface area contributed by atoms with Crippen LogP contribution in [0.1, 0.15) is 42.5 Å². The number of hydrogen-bond donors (Lipinski definition) is 1. The van der Waals surface area contributed by atoms with Crippen molar-refractivity contribution in [3.05, 3.63) is 53.3 Å². The second kappa shape index (κ2) is 7.00. The molecule has 4 rings (SSSR count). The number of rotatable bonds is 3. The van der Waals surface area contributed by atoms with Crippen molar-refractivity contribution < 1.29 is 4.79 Å². The van der Waals surface area contributed by atoms with Gasteiger partial charge in [-0.2, -0.15) is 5.10 Å². The Bertz CT molecular complexity index is 727. The lowest BCUT2D eigenvalue weighted by Gasteiger charge is -2.38. The molecule has 1 aromatic carbocycles. The number of likely N-dealkylation sites (tertiary alicyclic amines) is 1. The number of nitrogens with one attached hydrogen (secondary N) is 1.